The van der Waals surface area contributed by atoms with Crippen molar-refractivity contribution in [2.75, 3.05) is 11.5 Å². The van der Waals surface area contributed by atoms with Gasteiger partial charge in [0.1, 0.15) is 0 Å². The Hall–Kier alpha value is -1.79. The minimum absolute atomic E-state index is 0.557. The van der Waals surface area contributed by atoms with Crippen LogP contribution in [0.15, 0.2) is 47.1 Å². The second kappa shape index (κ2) is 5.68. The Morgan fingerprint density at radius 1 is 1.30 bits per heavy atom. The summed E-state index contributed by atoms with van der Waals surface area (Å²) < 4.78 is 13.9. The smallest absolute Gasteiger partial charge is 0.181 e. The van der Waals surface area contributed by atoms with E-state index in [1.165, 1.54) is 11.3 Å². The number of anilines is 1. The van der Waals surface area contributed by atoms with Gasteiger partial charge in [0.25, 0.3) is 0 Å². The van der Waals surface area contributed by atoms with Gasteiger partial charge in [0.05, 0.1) is 21.0 Å². The maximum absolute atomic E-state index is 12.3. The van der Waals surface area contributed by atoms with Crippen molar-refractivity contribution in [2.24, 2.45) is 0 Å². The molecule has 0 amide bonds. The predicted molar refractivity (Wildman–Crippen MR) is 83.2 cm³/mol. The average molecular weight is 303 g/mol. The summed E-state index contributed by atoms with van der Waals surface area (Å²) in [5.74, 6) is 0.557. The van der Waals surface area contributed by atoms with Gasteiger partial charge >= 0.3 is 0 Å². The summed E-state index contributed by atoms with van der Waals surface area (Å²) in [6.07, 6.45) is 4.27. The van der Waals surface area contributed by atoms with Crippen LogP contribution in [0.3, 0.4) is 0 Å². The molecule has 3 aromatic rings. The molecule has 2 heterocycles. The number of nitrogens with two attached hydrogens (primary N) is 1. The van der Waals surface area contributed by atoms with Gasteiger partial charge in [0, 0.05) is 23.8 Å². The second-order valence-corrected chi connectivity index (χ2v) is 7.14. The van der Waals surface area contributed by atoms with Gasteiger partial charge in [0.15, 0.2) is 4.34 Å². The standard InChI is InChI=1S/C14H13N3OS2/c15-11-3-4-12-13(8-11)19-14(17-12)20(18)7-5-10-2-1-6-16-9-10/h1-4,6,8-9H,5,7,15H2. The molecule has 0 aliphatic rings. The molecule has 0 bridgehead atoms. The quantitative estimate of drug-likeness (QED) is 0.752. The summed E-state index contributed by atoms with van der Waals surface area (Å²) in [5.41, 5.74) is 8.39. The lowest BCUT2D eigenvalue weighted by atomic mass is 10.2. The fourth-order valence-corrected chi connectivity index (χ4v) is 4.29. The van der Waals surface area contributed by atoms with E-state index in [2.05, 4.69) is 9.97 Å². The van der Waals surface area contributed by atoms with Crippen LogP contribution >= 0.6 is 11.3 Å². The van der Waals surface area contributed by atoms with Crippen LogP contribution < -0.4 is 5.73 Å². The first-order chi connectivity index (χ1) is 9.72. The van der Waals surface area contributed by atoms with Crippen LogP contribution in [0.1, 0.15) is 5.56 Å². The van der Waals surface area contributed by atoms with Crippen molar-refractivity contribution in [1.29, 1.82) is 0 Å². The van der Waals surface area contributed by atoms with E-state index in [4.69, 9.17) is 5.73 Å². The molecule has 0 radical (unpaired) electrons. The van der Waals surface area contributed by atoms with E-state index < -0.39 is 10.8 Å². The number of thiazole rings is 1. The molecule has 0 aliphatic heterocycles. The number of pyridine rings is 1. The lowest BCUT2D eigenvalue weighted by Crippen LogP contribution is -2.01. The zero-order valence-corrected chi connectivity index (χ0v) is 12.3. The van der Waals surface area contributed by atoms with Crippen molar-refractivity contribution in [3.63, 3.8) is 0 Å². The summed E-state index contributed by atoms with van der Waals surface area (Å²) in [5, 5.41) is 0. The van der Waals surface area contributed by atoms with Gasteiger partial charge in [0.2, 0.25) is 0 Å². The fraction of sp³-hybridized carbons (Fsp3) is 0.143. The van der Waals surface area contributed by atoms with Crippen molar-refractivity contribution in [1.82, 2.24) is 9.97 Å². The average Bonchev–Trinajstić information content (AvgIpc) is 2.89. The molecule has 0 aliphatic carbocycles. The molecule has 0 saturated carbocycles. The highest BCUT2D eigenvalue weighted by Gasteiger charge is 2.11. The molecule has 0 saturated heterocycles. The van der Waals surface area contributed by atoms with Crippen LogP contribution in [-0.2, 0) is 17.2 Å². The molecule has 102 valence electrons. The number of fused-ring (bicyclic) bond motifs is 1. The SMILES string of the molecule is Nc1ccc2nc(S(=O)CCc3cccnc3)sc2c1. The first kappa shape index (κ1) is 13.2. The highest BCUT2D eigenvalue weighted by Crippen LogP contribution is 2.26. The molecule has 3 rings (SSSR count). The number of benzene rings is 1. The minimum atomic E-state index is -1.08. The summed E-state index contributed by atoms with van der Waals surface area (Å²) in [6, 6.07) is 9.42. The summed E-state index contributed by atoms with van der Waals surface area (Å²) >= 11 is 1.45. The number of hydrogen-bond donors (Lipinski definition) is 1. The third-order valence-corrected chi connectivity index (χ3v) is 5.56. The van der Waals surface area contributed by atoms with Gasteiger partial charge in [-0.2, -0.15) is 0 Å². The van der Waals surface area contributed by atoms with E-state index in [0.717, 1.165) is 22.2 Å². The largest absolute Gasteiger partial charge is 0.399 e. The Morgan fingerprint density at radius 2 is 2.20 bits per heavy atom. The number of rotatable bonds is 4. The van der Waals surface area contributed by atoms with Crippen LogP contribution in [0, 0.1) is 0 Å². The van der Waals surface area contributed by atoms with E-state index in [1.54, 1.807) is 12.4 Å². The van der Waals surface area contributed by atoms with Crippen LogP contribution in [0.2, 0.25) is 0 Å². The summed E-state index contributed by atoms with van der Waals surface area (Å²) in [7, 11) is -1.08. The van der Waals surface area contributed by atoms with Crippen LogP contribution in [0.25, 0.3) is 10.2 Å². The Bertz CT molecular complexity index is 755. The summed E-state index contributed by atoms with van der Waals surface area (Å²) in [6.45, 7) is 0. The normalized spacial score (nSPS) is 12.6. The number of hydrogen-bond acceptors (Lipinski definition) is 5. The Balaban J connectivity index is 1.75. The van der Waals surface area contributed by atoms with Crippen LogP contribution in [0.5, 0.6) is 0 Å². The Labute approximate surface area is 123 Å². The molecule has 1 aromatic carbocycles. The number of nitrogens with zero attached hydrogens (tertiary/aromatic N) is 2. The topological polar surface area (TPSA) is 68.9 Å². The van der Waals surface area contributed by atoms with E-state index >= 15 is 0 Å². The first-order valence-corrected chi connectivity index (χ1v) is 8.29. The van der Waals surface area contributed by atoms with Gasteiger partial charge in [-0.1, -0.05) is 6.07 Å². The van der Waals surface area contributed by atoms with Crippen LogP contribution in [-0.4, -0.2) is 19.9 Å². The van der Waals surface area contributed by atoms with E-state index in [0.29, 0.717) is 15.8 Å². The molecule has 6 heteroatoms. The highest BCUT2D eigenvalue weighted by atomic mass is 32.2. The third kappa shape index (κ3) is 2.86. The number of nitrogen functional groups attached to an aromatic ring is 1. The molecule has 0 spiro atoms. The van der Waals surface area contributed by atoms with Gasteiger partial charge in [-0.15, -0.1) is 11.3 Å². The second-order valence-electron chi connectivity index (χ2n) is 4.37. The van der Waals surface area contributed by atoms with Gasteiger partial charge < -0.3 is 5.73 Å². The highest BCUT2D eigenvalue weighted by molar-refractivity contribution is 7.87. The molecule has 1 atom stereocenters. The van der Waals surface area contributed by atoms with Crippen molar-refractivity contribution < 1.29 is 4.21 Å². The molecule has 0 fully saturated rings. The lowest BCUT2D eigenvalue weighted by molar-refractivity contribution is 0.682. The maximum Gasteiger partial charge on any atom is 0.181 e. The van der Waals surface area contributed by atoms with E-state index in [9.17, 15) is 4.21 Å². The summed E-state index contributed by atoms with van der Waals surface area (Å²) in [4.78, 5) is 8.47. The molecular formula is C14H13N3OS2. The van der Waals surface area contributed by atoms with E-state index in [-0.39, 0.29) is 0 Å². The number of aromatic nitrogens is 2. The van der Waals surface area contributed by atoms with Gasteiger partial charge in [-0.05, 0) is 36.2 Å². The lowest BCUT2D eigenvalue weighted by Gasteiger charge is -1.98. The molecule has 4 nitrogen and oxygen atoms in total. The zero-order chi connectivity index (χ0) is 13.9. The molecular weight excluding hydrogens is 290 g/mol. The van der Waals surface area contributed by atoms with Gasteiger partial charge in [-0.3, -0.25) is 9.19 Å². The van der Waals surface area contributed by atoms with E-state index in [1.807, 2.05) is 30.3 Å². The zero-order valence-electron chi connectivity index (χ0n) is 10.7. The first-order valence-electron chi connectivity index (χ1n) is 6.16. The third-order valence-electron chi connectivity index (χ3n) is 2.89. The van der Waals surface area contributed by atoms with Gasteiger partial charge in [-0.25, -0.2) is 4.98 Å². The molecule has 1 unspecified atom stereocenters. The number of aryl methyl sites for hydroxylation is 1. The molecule has 20 heavy (non-hydrogen) atoms. The van der Waals surface area contributed by atoms with Crippen molar-refractivity contribution in [3.8, 4) is 0 Å². The fourth-order valence-electron chi connectivity index (χ4n) is 1.86. The predicted octanol–water partition coefficient (Wildman–Crippen LogP) is 2.62. The molecule has 2 N–H and O–H groups in total. The minimum Gasteiger partial charge on any atom is -0.399 e. The van der Waals surface area contributed by atoms with Crippen molar-refractivity contribution >= 4 is 38.0 Å². The molecule has 2 aromatic heterocycles. The Morgan fingerprint density at radius 3 is 3.00 bits per heavy atom. The monoisotopic (exact) mass is 303 g/mol. The van der Waals surface area contributed by atoms with Crippen molar-refractivity contribution in [2.45, 2.75) is 10.8 Å². The maximum atomic E-state index is 12.3. The van der Waals surface area contributed by atoms with Crippen LogP contribution in [0.4, 0.5) is 5.69 Å². The van der Waals surface area contributed by atoms with Crippen molar-refractivity contribution in [3.05, 3.63) is 48.3 Å². The Kier molecular flexibility index (Phi) is 3.75.